The van der Waals surface area contributed by atoms with Gasteiger partial charge in [-0.05, 0) is 34.6 Å². The summed E-state index contributed by atoms with van der Waals surface area (Å²) in [5, 5.41) is 7.32. The molecule has 20 heavy (non-hydrogen) atoms. The molecule has 1 heterocycles. The molecule has 0 amide bonds. The molecular formula is C14H18BrN3OS. The standard InChI is InChI=1S/C14H18BrN3OS/c1-3-16-8-10(2)14-17-13(18-19-14)9-20-12-7-5-4-6-11(12)15/h4-7,10,16H,3,8-9H2,1-2H3. The van der Waals surface area contributed by atoms with Gasteiger partial charge < -0.3 is 9.84 Å². The third-order valence-electron chi connectivity index (χ3n) is 2.80. The second-order valence-electron chi connectivity index (χ2n) is 4.48. The van der Waals surface area contributed by atoms with E-state index < -0.39 is 0 Å². The second-order valence-corrected chi connectivity index (χ2v) is 6.35. The van der Waals surface area contributed by atoms with Crippen LogP contribution in [0.1, 0.15) is 31.5 Å². The van der Waals surface area contributed by atoms with Crippen molar-refractivity contribution in [3.63, 3.8) is 0 Å². The average Bonchev–Trinajstić information content (AvgIpc) is 2.93. The first-order valence-electron chi connectivity index (χ1n) is 6.61. The molecule has 0 aliphatic carbocycles. The van der Waals surface area contributed by atoms with Gasteiger partial charge in [0.15, 0.2) is 5.82 Å². The second kappa shape index (κ2) is 7.81. The number of hydrogen-bond acceptors (Lipinski definition) is 5. The molecule has 0 fully saturated rings. The zero-order valence-corrected chi connectivity index (χ0v) is 14.0. The monoisotopic (exact) mass is 355 g/mol. The molecule has 1 aromatic heterocycles. The third kappa shape index (κ3) is 4.33. The molecule has 4 nitrogen and oxygen atoms in total. The maximum Gasteiger partial charge on any atom is 0.230 e. The molecule has 0 aliphatic heterocycles. The first kappa shape index (κ1) is 15.5. The number of thioether (sulfide) groups is 1. The van der Waals surface area contributed by atoms with Crippen LogP contribution in [-0.2, 0) is 5.75 Å². The molecule has 0 spiro atoms. The van der Waals surface area contributed by atoms with E-state index in [-0.39, 0.29) is 5.92 Å². The number of benzene rings is 1. The highest BCUT2D eigenvalue weighted by atomic mass is 79.9. The SMILES string of the molecule is CCNCC(C)c1nc(CSc2ccccc2Br)no1. The van der Waals surface area contributed by atoms with Crippen molar-refractivity contribution in [2.24, 2.45) is 0 Å². The highest BCUT2D eigenvalue weighted by Gasteiger charge is 2.14. The molecular weight excluding hydrogens is 338 g/mol. The van der Waals surface area contributed by atoms with Crippen molar-refractivity contribution in [1.82, 2.24) is 15.5 Å². The first-order valence-corrected chi connectivity index (χ1v) is 8.39. The quantitative estimate of drug-likeness (QED) is 0.764. The lowest BCUT2D eigenvalue weighted by molar-refractivity contribution is 0.352. The van der Waals surface area contributed by atoms with Crippen LogP contribution in [0.15, 0.2) is 38.2 Å². The summed E-state index contributed by atoms with van der Waals surface area (Å²) in [6.07, 6.45) is 0. The van der Waals surface area contributed by atoms with Gasteiger partial charge in [0.2, 0.25) is 5.89 Å². The van der Waals surface area contributed by atoms with Crippen molar-refractivity contribution < 1.29 is 4.52 Å². The summed E-state index contributed by atoms with van der Waals surface area (Å²) in [6.45, 7) is 5.97. The Bertz CT molecular complexity index is 547. The summed E-state index contributed by atoms with van der Waals surface area (Å²) in [4.78, 5) is 5.63. The molecule has 0 radical (unpaired) electrons. The highest BCUT2D eigenvalue weighted by molar-refractivity contribution is 9.10. The molecule has 0 aliphatic rings. The summed E-state index contributed by atoms with van der Waals surface area (Å²) in [7, 11) is 0. The van der Waals surface area contributed by atoms with E-state index in [9.17, 15) is 0 Å². The smallest absolute Gasteiger partial charge is 0.230 e. The number of rotatable bonds is 7. The minimum atomic E-state index is 0.240. The van der Waals surface area contributed by atoms with Gasteiger partial charge in [-0.15, -0.1) is 11.8 Å². The maximum absolute atomic E-state index is 5.32. The number of nitrogens with one attached hydrogen (secondary N) is 1. The third-order valence-corrected chi connectivity index (χ3v) is 4.82. The van der Waals surface area contributed by atoms with Gasteiger partial charge in [0.05, 0.1) is 5.75 Å². The maximum atomic E-state index is 5.32. The van der Waals surface area contributed by atoms with Crippen LogP contribution < -0.4 is 5.32 Å². The summed E-state index contributed by atoms with van der Waals surface area (Å²) in [5.41, 5.74) is 0. The van der Waals surface area contributed by atoms with Gasteiger partial charge in [0, 0.05) is 21.8 Å². The van der Waals surface area contributed by atoms with Crippen molar-refractivity contribution in [2.75, 3.05) is 13.1 Å². The molecule has 1 N–H and O–H groups in total. The normalized spacial score (nSPS) is 12.6. The van der Waals surface area contributed by atoms with Gasteiger partial charge in [-0.3, -0.25) is 0 Å². The van der Waals surface area contributed by atoms with Gasteiger partial charge in [0.25, 0.3) is 0 Å². The molecule has 2 rings (SSSR count). The molecule has 1 unspecified atom stereocenters. The van der Waals surface area contributed by atoms with Crippen LogP contribution in [0.3, 0.4) is 0 Å². The van der Waals surface area contributed by atoms with E-state index in [0.717, 1.165) is 23.4 Å². The molecule has 1 atom stereocenters. The molecule has 6 heteroatoms. The Balaban J connectivity index is 1.91. The van der Waals surface area contributed by atoms with E-state index in [1.165, 1.54) is 4.90 Å². The van der Waals surface area contributed by atoms with Crippen LogP contribution in [0, 0.1) is 0 Å². The Kier molecular flexibility index (Phi) is 6.06. The molecule has 0 saturated carbocycles. The van der Waals surface area contributed by atoms with Gasteiger partial charge in [-0.25, -0.2) is 0 Å². The molecule has 2 aromatic rings. The molecule has 1 aromatic carbocycles. The topological polar surface area (TPSA) is 51.0 Å². The zero-order valence-electron chi connectivity index (χ0n) is 11.6. The first-order chi connectivity index (χ1) is 9.70. The molecule has 0 bridgehead atoms. The number of likely N-dealkylation sites (N-methyl/N-ethyl adjacent to an activating group) is 1. The van der Waals surface area contributed by atoms with Crippen molar-refractivity contribution in [3.8, 4) is 0 Å². The van der Waals surface area contributed by atoms with Crippen LogP contribution in [-0.4, -0.2) is 23.2 Å². The Hall–Kier alpha value is -0.850. The van der Waals surface area contributed by atoms with Gasteiger partial charge in [-0.1, -0.05) is 31.1 Å². The van der Waals surface area contributed by atoms with Crippen molar-refractivity contribution >= 4 is 27.7 Å². The summed E-state index contributed by atoms with van der Waals surface area (Å²) >= 11 is 5.23. The number of hydrogen-bond donors (Lipinski definition) is 1. The predicted octanol–water partition coefficient (Wildman–Crippen LogP) is 3.84. The van der Waals surface area contributed by atoms with Gasteiger partial charge >= 0.3 is 0 Å². The minimum absolute atomic E-state index is 0.240. The van der Waals surface area contributed by atoms with Crippen LogP contribution in [0.5, 0.6) is 0 Å². The molecule has 108 valence electrons. The Morgan fingerprint density at radius 3 is 2.95 bits per heavy atom. The van der Waals surface area contributed by atoms with E-state index in [0.29, 0.717) is 11.6 Å². The predicted molar refractivity (Wildman–Crippen MR) is 85.0 cm³/mol. The van der Waals surface area contributed by atoms with Crippen molar-refractivity contribution in [3.05, 3.63) is 40.5 Å². The fourth-order valence-corrected chi connectivity index (χ4v) is 3.09. The fourth-order valence-electron chi connectivity index (χ4n) is 1.68. The van der Waals surface area contributed by atoms with Crippen LogP contribution in [0.2, 0.25) is 0 Å². The van der Waals surface area contributed by atoms with Crippen molar-refractivity contribution in [2.45, 2.75) is 30.4 Å². The largest absolute Gasteiger partial charge is 0.339 e. The van der Waals surface area contributed by atoms with Gasteiger partial charge in [-0.2, -0.15) is 4.98 Å². The lowest BCUT2D eigenvalue weighted by Crippen LogP contribution is -2.19. The average molecular weight is 356 g/mol. The number of nitrogens with zero attached hydrogens (tertiary/aromatic N) is 2. The van der Waals surface area contributed by atoms with E-state index in [1.54, 1.807) is 11.8 Å². The lowest BCUT2D eigenvalue weighted by Gasteiger charge is -2.05. The number of aromatic nitrogens is 2. The minimum Gasteiger partial charge on any atom is -0.339 e. The highest BCUT2D eigenvalue weighted by Crippen LogP contribution is 2.29. The Labute approximate surface area is 131 Å². The van der Waals surface area contributed by atoms with E-state index in [2.05, 4.69) is 51.3 Å². The Morgan fingerprint density at radius 2 is 2.20 bits per heavy atom. The Morgan fingerprint density at radius 1 is 1.40 bits per heavy atom. The van der Waals surface area contributed by atoms with E-state index >= 15 is 0 Å². The fraction of sp³-hybridized carbons (Fsp3) is 0.429. The lowest BCUT2D eigenvalue weighted by atomic mass is 10.2. The van der Waals surface area contributed by atoms with Crippen LogP contribution >= 0.6 is 27.7 Å². The van der Waals surface area contributed by atoms with Crippen LogP contribution in [0.4, 0.5) is 0 Å². The summed E-state index contributed by atoms with van der Waals surface area (Å²) in [5.74, 6) is 2.39. The van der Waals surface area contributed by atoms with E-state index in [1.807, 2.05) is 18.2 Å². The number of halogens is 1. The van der Waals surface area contributed by atoms with Crippen LogP contribution in [0.25, 0.3) is 0 Å². The van der Waals surface area contributed by atoms with E-state index in [4.69, 9.17) is 4.52 Å². The summed E-state index contributed by atoms with van der Waals surface area (Å²) in [6, 6.07) is 8.13. The molecule has 0 saturated heterocycles. The van der Waals surface area contributed by atoms with Gasteiger partial charge in [0.1, 0.15) is 0 Å². The summed E-state index contributed by atoms with van der Waals surface area (Å²) < 4.78 is 6.41. The van der Waals surface area contributed by atoms with Crippen molar-refractivity contribution in [1.29, 1.82) is 0 Å². The zero-order chi connectivity index (χ0) is 14.4.